The van der Waals surface area contributed by atoms with Crippen LogP contribution in [0.15, 0.2) is 12.1 Å². The second-order valence-corrected chi connectivity index (χ2v) is 5.30. The van der Waals surface area contributed by atoms with Crippen LogP contribution >= 0.6 is 0 Å². The van der Waals surface area contributed by atoms with Gasteiger partial charge < -0.3 is 16.0 Å². The molecule has 0 radical (unpaired) electrons. The Labute approximate surface area is 119 Å². The van der Waals surface area contributed by atoms with Gasteiger partial charge in [-0.05, 0) is 50.4 Å². The highest BCUT2D eigenvalue weighted by atomic mass is 16.1. The lowest BCUT2D eigenvalue weighted by molar-refractivity contribution is 0.0994. The van der Waals surface area contributed by atoms with Gasteiger partial charge in [0.05, 0.1) is 0 Å². The molecule has 6 heteroatoms. The smallest absolute Gasteiger partial charge is 0.269 e. The number of carbonyl (C=O) groups excluding carboxylic acids is 1. The van der Waals surface area contributed by atoms with Crippen LogP contribution in [0.1, 0.15) is 36.7 Å². The van der Waals surface area contributed by atoms with Crippen molar-refractivity contribution in [2.45, 2.75) is 26.2 Å². The number of carbonyl (C=O) groups is 1. The number of rotatable bonds is 6. The van der Waals surface area contributed by atoms with Crippen molar-refractivity contribution in [1.82, 2.24) is 15.5 Å². The van der Waals surface area contributed by atoms with E-state index in [0.29, 0.717) is 5.92 Å². The molecule has 20 heavy (non-hydrogen) atoms. The Balaban J connectivity index is 2.04. The Bertz CT molecular complexity index is 428. The molecule has 3 N–H and O–H groups in total. The molecular weight excluding hydrogens is 254 g/mol. The van der Waals surface area contributed by atoms with Gasteiger partial charge >= 0.3 is 0 Å². The van der Waals surface area contributed by atoms with E-state index in [0.717, 1.165) is 38.4 Å². The summed E-state index contributed by atoms with van der Waals surface area (Å²) >= 11 is 0. The number of aromatic nitrogens is 2. The normalized spacial score (nSPS) is 18.8. The van der Waals surface area contributed by atoms with E-state index in [1.165, 1.54) is 12.8 Å². The Morgan fingerprint density at radius 2 is 2.35 bits per heavy atom. The Hall–Kier alpha value is -1.69. The molecule has 1 aliphatic heterocycles. The topological polar surface area (TPSA) is 84.1 Å². The SMILES string of the molecule is CCCN(CC1CCCNC1)c1ccc(C(N)=O)nn1. The zero-order valence-corrected chi connectivity index (χ0v) is 12.0. The molecule has 0 aliphatic carbocycles. The van der Waals surface area contributed by atoms with Crippen molar-refractivity contribution < 1.29 is 4.79 Å². The molecule has 1 saturated heterocycles. The van der Waals surface area contributed by atoms with E-state index >= 15 is 0 Å². The average molecular weight is 277 g/mol. The van der Waals surface area contributed by atoms with Gasteiger partial charge in [-0.15, -0.1) is 10.2 Å². The lowest BCUT2D eigenvalue weighted by Crippen LogP contribution is -2.39. The lowest BCUT2D eigenvalue weighted by atomic mass is 9.99. The van der Waals surface area contributed by atoms with Crippen LogP contribution in [0.2, 0.25) is 0 Å². The molecule has 2 heterocycles. The first-order valence-corrected chi connectivity index (χ1v) is 7.30. The van der Waals surface area contributed by atoms with Crippen LogP contribution in [0.25, 0.3) is 0 Å². The third-order valence-corrected chi connectivity index (χ3v) is 3.60. The number of amides is 1. The monoisotopic (exact) mass is 277 g/mol. The van der Waals surface area contributed by atoms with E-state index in [1.54, 1.807) is 6.07 Å². The maximum atomic E-state index is 11.0. The molecule has 6 nitrogen and oxygen atoms in total. The van der Waals surface area contributed by atoms with Crippen LogP contribution in [0.4, 0.5) is 5.82 Å². The molecule has 1 unspecified atom stereocenters. The molecule has 1 atom stereocenters. The molecule has 1 aromatic heterocycles. The minimum Gasteiger partial charge on any atom is -0.364 e. The van der Waals surface area contributed by atoms with Crippen molar-refractivity contribution in [2.75, 3.05) is 31.1 Å². The number of hydrogen-bond acceptors (Lipinski definition) is 5. The van der Waals surface area contributed by atoms with E-state index in [9.17, 15) is 4.79 Å². The quantitative estimate of drug-likeness (QED) is 0.803. The van der Waals surface area contributed by atoms with Crippen LogP contribution in [0, 0.1) is 5.92 Å². The van der Waals surface area contributed by atoms with E-state index in [2.05, 4.69) is 27.3 Å². The van der Waals surface area contributed by atoms with Gasteiger partial charge in [0.15, 0.2) is 11.5 Å². The van der Waals surface area contributed by atoms with Gasteiger partial charge in [0, 0.05) is 13.1 Å². The van der Waals surface area contributed by atoms with Crippen LogP contribution in [-0.4, -0.2) is 42.3 Å². The van der Waals surface area contributed by atoms with Gasteiger partial charge in [-0.2, -0.15) is 0 Å². The second-order valence-electron chi connectivity index (χ2n) is 5.30. The number of primary amides is 1. The van der Waals surface area contributed by atoms with Crippen LogP contribution in [0.3, 0.4) is 0 Å². The van der Waals surface area contributed by atoms with Crippen molar-refractivity contribution in [1.29, 1.82) is 0 Å². The first-order valence-electron chi connectivity index (χ1n) is 7.30. The zero-order valence-electron chi connectivity index (χ0n) is 12.0. The Morgan fingerprint density at radius 3 is 2.90 bits per heavy atom. The fraction of sp³-hybridized carbons (Fsp3) is 0.643. The van der Waals surface area contributed by atoms with Gasteiger partial charge in [0.25, 0.3) is 5.91 Å². The predicted molar refractivity (Wildman–Crippen MR) is 78.6 cm³/mol. The number of nitrogens with zero attached hydrogens (tertiary/aromatic N) is 3. The summed E-state index contributed by atoms with van der Waals surface area (Å²) in [4.78, 5) is 13.3. The molecule has 1 amide bonds. The molecule has 1 fully saturated rings. The van der Waals surface area contributed by atoms with Gasteiger partial charge in [-0.1, -0.05) is 6.92 Å². The van der Waals surface area contributed by atoms with Crippen molar-refractivity contribution in [3.05, 3.63) is 17.8 Å². The molecule has 110 valence electrons. The first kappa shape index (κ1) is 14.7. The van der Waals surface area contributed by atoms with Gasteiger partial charge in [0.2, 0.25) is 0 Å². The standard InChI is InChI=1S/C14H23N5O/c1-2-8-19(10-11-4-3-7-16-9-11)13-6-5-12(14(15)20)17-18-13/h5-6,11,16H,2-4,7-10H2,1H3,(H2,15,20). The number of piperidine rings is 1. The average Bonchev–Trinajstić information content (AvgIpc) is 2.48. The van der Waals surface area contributed by atoms with Crippen molar-refractivity contribution in [3.8, 4) is 0 Å². The van der Waals surface area contributed by atoms with Crippen LogP contribution in [-0.2, 0) is 0 Å². The summed E-state index contributed by atoms with van der Waals surface area (Å²) in [6.07, 6.45) is 3.54. The summed E-state index contributed by atoms with van der Waals surface area (Å²) < 4.78 is 0. The van der Waals surface area contributed by atoms with Crippen molar-refractivity contribution in [2.24, 2.45) is 11.7 Å². The second kappa shape index (κ2) is 7.19. The maximum absolute atomic E-state index is 11.0. The van der Waals surface area contributed by atoms with Gasteiger partial charge in [0.1, 0.15) is 0 Å². The summed E-state index contributed by atoms with van der Waals surface area (Å²) in [6.45, 7) is 6.26. The van der Waals surface area contributed by atoms with E-state index in [4.69, 9.17) is 5.73 Å². The molecular formula is C14H23N5O. The van der Waals surface area contributed by atoms with Crippen LogP contribution in [0.5, 0.6) is 0 Å². The van der Waals surface area contributed by atoms with Gasteiger partial charge in [-0.3, -0.25) is 4.79 Å². The van der Waals surface area contributed by atoms with E-state index < -0.39 is 5.91 Å². The highest BCUT2D eigenvalue weighted by Crippen LogP contribution is 2.17. The third kappa shape index (κ3) is 3.90. The summed E-state index contributed by atoms with van der Waals surface area (Å²) in [5, 5.41) is 11.5. The molecule has 0 bridgehead atoms. The molecule has 1 aliphatic rings. The molecule has 0 saturated carbocycles. The fourth-order valence-corrected chi connectivity index (χ4v) is 2.59. The molecule has 1 aromatic rings. The summed E-state index contributed by atoms with van der Waals surface area (Å²) in [5.41, 5.74) is 5.40. The zero-order chi connectivity index (χ0) is 14.4. The van der Waals surface area contributed by atoms with Crippen molar-refractivity contribution >= 4 is 11.7 Å². The van der Waals surface area contributed by atoms with Crippen LogP contribution < -0.4 is 16.0 Å². The van der Waals surface area contributed by atoms with Gasteiger partial charge in [-0.25, -0.2) is 0 Å². The summed E-state index contributed by atoms with van der Waals surface area (Å²) in [5.74, 6) is 0.929. The Kier molecular flexibility index (Phi) is 5.29. The molecule has 0 aromatic carbocycles. The molecule has 2 rings (SSSR count). The Morgan fingerprint density at radius 1 is 1.50 bits per heavy atom. The lowest BCUT2D eigenvalue weighted by Gasteiger charge is -2.30. The van der Waals surface area contributed by atoms with E-state index in [-0.39, 0.29) is 5.69 Å². The fourth-order valence-electron chi connectivity index (χ4n) is 2.59. The maximum Gasteiger partial charge on any atom is 0.269 e. The largest absolute Gasteiger partial charge is 0.364 e. The highest BCUT2D eigenvalue weighted by Gasteiger charge is 2.18. The van der Waals surface area contributed by atoms with E-state index in [1.807, 2.05) is 6.07 Å². The number of anilines is 1. The predicted octanol–water partition coefficient (Wildman–Crippen LogP) is 0.792. The summed E-state index contributed by atoms with van der Waals surface area (Å²) in [7, 11) is 0. The van der Waals surface area contributed by atoms with Crippen molar-refractivity contribution in [3.63, 3.8) is 0 Å². The number of nitrogens with one attached hydrogen (secondary N) is 1. The highest BCUT2D eigenvalue weighted by molar-refractivity contribution is 5.90. The number of hydrogen-bond donors (Lipinski definition) is 2. The molecule has 0 spiro atoms. The minimum atomic E-state index is -0.539. The first-order chi connectivity index (χ1) is 9.70. The number of nitrogens with two attached hydrogens (primary N) is 1. The minimum absolute atomic E-state index is 0.213. The third-order valence-electron chi connectivity index (χ3n) is 3.60. The summed E-state index contributed by atoms with van der Waals surface area (Å²) in [6, 6.07) is 3.48.